The second-order valence-corrected chi connectivity index (χ2v) is 5.01. The van der Waals surface area contributed by atoms with Crippen LogP contribution in [-0.4, -0.2) is 35.1 Å². The highest BCUT2D eigenvalue weighted by molar-refractivity contribution is 5.82. The Labute approximate surface area is 91.5 Å². The molecule has 2 saturated carbocycles. The Morgan fingerprint density at radius 2 is 2.00 bits per heavy atom. The molecule has 2 atom stereocenters. The molecule has 0 aromatic rings. The van der Waals surface area contributed by atoms with Crippen LogP contribution in [0.4, 0.5) is 0 Å². The van der Waals surface area contributed by atoms with Gasteiger partial charge in [-0.15, -0.1) is 0 Å². The molecule has 2 fully saturated rings. The van der Waals surface area contributed by atoms with Crippen molar-refractivity contribution in [1.29, 1.82) is 0 Å². The molecule has 2 aliphatic carbocycles. The highest BCUT2D eigenvalue weighted by Gasteiger charge is 2.43. The molecule has 0 spiro atoms. The summed E-state index contributed by atoms with van der Waals surface area (Å²) in [5.41, 5.74) is 0. The average molecular weight is 211 g/mol. The molecule has 3 heteroatoms. The minimum atomic E-state index is 0.101. The third kappa shape index (κ3) is 2.33. The first-order valence-corrected chi connectivity index (χ1v) is 6.15. The minimum Gasteiger partial charge on any atom is -0.395 e. The highest BCUT2D eigenvalue weighted by atomic mass is 16.3. The van der Waals surface area contributed by atoms with Crippen molar-refractivity contribution in [1.82, 2.24) is 4.90 Å². The molecule has 2 unspecified atom stereocenters. The number of carbonyl (C=O) groups excluding carboxylic acids is 1. The largest absolute Gasteiger partial charge is 0.395 e. The summed E-state index contributed by atoms with van der Waals surface area (Å²) in [6.07, 6.45) is 5.79. The van der Waals surface area contributed by atoms with E-state index in [4.69, 9.17) is 5.11 Å². The normalized spacial score (nSPS) is 30.5. The molecule has 0 radical (unpaired) electrons. The Morgan fingerprint density at radius 3 is 2.47 bits per heavy atom. The van der Waals surface area contributed by atoms with Crippen molar-refractivity contribution in [3.63, 3.8) is 0 Å². The average Bonchev–Trinajstić information content (AvgIpc) is 2.76. The quantitative estimate of drug-likeness (QED) is 0.763. The SMILES string of the molecule is CC1CC1C(=O)N(CCO)C1CCCC1. The van der Waals surface area contributed by atoms with Gasteiger partial charge in [0, 0.05) is 18.5 Å². The Morgan fingerprint density at radius 1 is 1.40 bits per heavy atom. The van der Waals surface area contributed by atoms with Gasteiger partial charge in [0.25, 0.3) is 0 Å². The van der Waals surface area contributed by atoms with Crippen molar-refractivity contribution in [2.45, 2.75) is 45.1 Å². The number of hydrogen-bond donors (Lipinski definition) is 1. The molecule has 0 aromatic heterocycles. The van der Waals surface area contributed by atoms with Gasteiger partial charge in [0.05, 0.1) is 6.61 Å². The first-order valence-electron chi connectivity index (χ1n) is 6.15. The van der Waals surface area contributed by atoms with Crippen LogP contribution >= 0.6 is 0 Å². The first kappa shape index (κ1) is 10.9. The summed E-state index contributed by atoms with van der Waals surface area (Å²) in [7, 11) is 0. The van der Waals surface area contributed by atoms with E-state index < -0.39 is 0 Å². The standard InChI is InChI=1S/C12H21NO2/c1-9-8-11(9)12(15)13(6-7-14)10-4-2-3-5-10/h9-11,14H,2-8H2,1H3. The van der Waals surface area contributed by atoms with Crippen molar-refractivity contribution in [3.05, 3.63) is 0 Å². The molecular formula is C12H21NO2. The van der Waals surface area contributed by atoms with Gasteiger partial charge in [0.1, 0.15) is 0 Å². The van der Waals surface area contributed by atoms with E-state index in [1.807, 2.05) is 4.90 Å². The lowest BCUT2D eigenvalue weighted by molar-refractivity contribution is -0.135. The van der Waals surface area contributed by atoms with Gasteiger partial charge >= 0.3 is 0 Å². The topological polar surface area (TPSA) is 40.5 Å². The van der Waals surface area contributed by atoms with E-state index in [-0.39, 0.29) is 12.5 Å². The molecule has 15 heavy (non-hydrogen) atoms. The van der Waals surface area contributed by atoms with E-state index in [0.29, 0.717) is 24.4 Å². The summed E-state index contributed by atoms with van der Waals surface area (Å²) in [6.45, 7) is 2.77. The maximum Gasteiger partial charge on any atom is 0.226 e. The monoisotopic (exact) mass is 211 g/mol. The molecule has 1 N–H and O–H groups in total. The molecule has 2 aliphatic rings. The lowest BCUT2D eigenvalue weighted by Crippen LogP contribution is -2.41. The Kier molecular flexibility index (Phi) is 3.29. The van der Waals surface area contributed by atoms with Crippen molar-refractivity contribution in [2.75, 3.05) is 13.2 Å². The van der Waals surface area contributed by atoms with Crippen molar-refractivity contribution >= 4 is 5.91 Å². The van der Waals surface area contributed by atoms with Gasteiger partial charge in [-0.05, 0) is 25.2 Å². The van der Waals surface area contributed by atoms with Crippen LogP contribution in [0.5, 0.6) is 0 Å². The molecule has 3 nitrogen and oxygen atoms in total. The number of rotatable bonds is 4. The first-order chi connectivity index (χ1) is 7.24. The Bertz CT molecular complexity index is 236. The zero-order valence-electron chi connectivity index (χ0n) is 9.48. The molecule has 0 bridgehead atoms. The number of amides is 1. The van der Waals surface area contributed by atoms with Gasteiger partial charge in [-0.25, -0.2) is 0 Å². The van der Waals surface area contributed by atoms with Crippen LogP contribution in [0.3, 0.4) is 0 Å². The van der Waals surface area contributed by atoms with Crippen molar-refractivity contribution in [3.8, 4) is 0 Å². The third-order valence-corrected chi connectivity index (χ3v) is 3.82. The van der Waals surface area contributed by atoms with Crippen LogP contribution in [0.1, 0.15) is 39.0 Å². The van der Waals surface area contributed by atoms with Crippen LogP contribution in [0.25, 0.3) is 0 Å². The van der Waals surface area contributed by atoms with Crippen molar-refractivity contribution in [2.24, 2.45) is 11.8 Å². The summed E-state index contributed by atoms with van der Waals surface area (Å²) < 4.78 is 0. The van der Waals surface area contributed by atoms with E-state index in [1.165, 1.54) is 12.8 Å². The van der Waals surface area contributed by atoms with Crippen LogP contribution in [0.2, 0.25) is 0 Å². The van der Waals surface area contributed by atoms with Gasteiger partial charge in [-0.3, -0.25) is 4.79 Å². The summed E-state index contributed by atoms with van der Waals surface area (Å²) in [4.78, 5) is 14.1. The smallest absolute Gasteiger partial charge is 0.226 e. The summed E-state index contributed by atoms with van der Waals surface area (Å²) in [5.74, 6) is 1.13. The number of nitrogens with zero attached hydrogens (tertiary/aromatic N) is 1. The van der Waals surface area contributed by atoms with E-state index in [9.17, 15) is 4.79 Å². The van der Waals surface area contributed by atoms with Crippen LogP contribution in [-0.2, 0) is 4.79 Å². The van der Waals surface area contributed by atoms with Gasteiger partial charge in [-0.1, -0.05) is 19.8 Å². The zero-order valence-corrected chi connectivity index (χ0v) is 9.48. The summed E-state index contributed by atoms with van der Waals surface area (Å²) in [5, 5.41) is 9.02. The molecule has 2 rings (SSSR count). The highest BCUT2D eigenvalue weighted by Crippen LogP contribution is 2.40. The maximum atomic E-state index is 12.1. The van der Waals surface area contributed by atoms with Crippen molar-refractivity contribution < 1.29 is 9.90 Å². The zero-order chi connectivity index (χ0) is 10.8. The van der Waals surface area contributed by atoms with Crippen LogP contribution < -0.4 is 0 Å². The molecule has 0 saturated heterocycles. The molecule has 0 heterocycles. The molecule has 0 aliphatic heterocycles. The van der Waals surface area contributed by atoms with E-state index in [1.54, 1.807) is 0 Å². The Balaban J connectivity index is 1.95. The van der Waals surface area contributed by atoms with Crippen LogP contribution in [0.15, 0.2) is 0 Å². The van der Waals surface area contributed by atoms with E-state index in [2.05, 4.69) is 6.92 Å². The number of carbonyl (C=O) groups is 1. The van der Waals surface area contributed by atoms with Gasteiger partial charge in [0.2, 0.25) is 5.91 Å². The summed E-state index contributed by atoms with van der Waals surface area (Å²) in [6, 6.07) is 0.414. The second-order valence-electron chi connectivity index (χ2n) is 5.01. The van der Waals surface area contributed by atoms with Gasteiger partial charge in [0.15, 0.2) is 0 Å². The fourth-order valence-electron chi connectivity index (χ4n) is 2.68. The number of aliphatic hydroxyl groups excluding tert-OH is 1. The third-order valence-electron chi connectivity index (χ3n) is 3.82. The number of aliphatic hydroxyl groups is 1. The maximum absolute atomic E-state index is 12.1. The molecule has 86 valence electrons. The number of hydrogen-bond acceptors (Lipinski definition) is 2. The van der Waals surface area contributed by atoms with E-state index in [0.717, 1.165) is 19.3 Å². The molecule has 1 amide bonds. The predicted molar refractivity (Wildman–Crippen MR) is 58.3 cm³/mol. The lowest BCUT2D eigenvalue weighted by atomic mass is 10.2. The second kappa shape index (κ2) is 4.52. The van der Waals surface area contributed by atoms with Gasteiger partial charge in [-0.2, -0.15) is 0 Å². The Hall–Kier alpha value is -0.570. The molecular weight excluding hydrogens is 190 g/mol. The lowest BCUT2D eigenvalue weighted by Gasteiger charge is -2.28. The predicted octanol–water partition coefficient (Wildman–Crippen LogP) is 1.41. The van der Waals surface area contributed by atoms with E-state index >= 15 is 0 Å². The van der Waals surface area contributed by atoms with Crippen LogP contribution in [0, 0.1) is 11.8 Å². The summed E-state index contributed by atoms with van der Waals surface area (Å²) >= 11 is 0. The fourth-order valence-corrected chi connectivity index (χ4v) is 2.68. The fraction of sp³-hybridized carbons (Fsp3) is 0.917. The minimum absolute atomic E-state index is 0.101. The van der Waals surface area contributed by atoms with Gasteiger partial charge < -0.3 is 10.0 Å². The molecule has 0 aromatic carbocycles.